The Morgan fingerprint density at radius 2 is 1.90 bits per heavy atom. The molecule has 1 amide bonds. The topological polar surface area (TPSA) is 57.6 Å². The molecule has 0 aromatic heterocycles. The molecule has 0 fully saturated rings. The molecule has 20 heavy (non-hydrogen) atoms. The molecule has 1 aromatic rings. The van der Waals surface area contributed by atoms with Gasteiger partial charge in [-0.3, -0.25) is 4.79 Å². The zero-order valence-corrected chi connectivity index (χ0v) is 11.9. The van der Waals surface area contributed by atoms with Crippen LogP contribution < -0.4 is 0 Å². The molecule has 0 saturated carbocycles. The van der Waals surface area contributed by atoms with E-state index < -0.39 is 12.0 Å². The molecule has 0 aliphatic rings. The Labute approximate surface area is 119 Å². The smallest absolute Gasteiger partial charge is 0.326 e. The third-order valence-electron chi connectivity index (χ3n) is 3.45. The number of benzene rings is 1. The first-order valence-electron chi connectivity index (χ1n) is 6.45. The monoisotopic (exact) mass is 272 g/mol. The largest absolute Gasteiger partial charge is 0.480 e. The Morgan fingerprint density at radius 1 is 1.35 bits per heavy atom. The van der Waals surface area contributed by atoms with E-state index in [1.807, 2.05) is 13.8 Å². The minimum atomic E-state index is -1.00. The number of hydrogen-bond donors (Lipinski definition) is 1. The van der Waals surface area contributed by atoms with Gasteiger partial charge in [0.05, 0.1) is 0 Å². The average molecular weight is 272 g/mol. The van der Waals surface area contributed by atoms with Gasteiger partial charge in [0.1, 0.15) is 6.04 Å². The summed E-state index contributed by atoms with van der Waals surface area (Å²) in [5, 5.41) is 9.29. The summed E-state index contributed by atoms with van der Waals surface area (Å²) in [5.74, 6) is 0.754. The molecule has 0 aliphatic carbocycles. The van der Waals surface area contributed by atoms with Crippen LogP contribution in [0.4, 0.5) is 0 Å². The van der Waals surface area contributed by atoms with Gasteiger partial charge >= 0.3 is 5.97 Å². The van der Waals surface area contributed by atoms with Gasteiger partial charge in [0, 0.05) is 18.2 Å². The van der Waals surface area contributed by atoms with E-state index in [-0.39, 0.29) is 11.8 Å². The number of carbonyl (C=O) groups is 2. The van der Waals surface area contributed by atoms with Gasteiger partial charge in [-0.1, -0.05) is 26.2 Å². The Kier molecular flexibility index (Phi) is 5.33. The van der Waals surface area contributed by atoms with Crippen LogP contribution in [0.15, 0.2) is 24.3 Å². The fraction of sp³-hybridized carbons (Fsp3) is 0.375. The van der Waals surface area contributed by atoms with Gasteiger partial charge in [0.15, 0.2) is 0 Å². The van der Waals surface area contributed by atoms with E-state index in [1.54, 1.807) is 24.3 Å². The quantitative estimate of drug-likeness (QED) is 0.836. The predicted molar refractivity (Wildman–Crippen MR) is 75.6 cm³/mol. The van der Waals surface area contributed by atoms with Gasteiger partial charge in [-0.2, -0.15) is 0 Å². The molecular weight excluding hydrogens is 254 g/mol. The van der Waals surface area contributed by atoms with Crippen LogP contribution in [-0.2, 0) is 4.79 Å². The number of likely N-dealkylation sites (N-methyl/N-ethyl adjacent to an activating group) is 1. The molecule has 0 bridgehead atoms. The maximum Gasteiger partial charge on any atom is 0.326 e. The summed E-state index contributed by atoms with van der Waals surface area (Å²) in [4.78, 5) is 24.9. The molecule has 0 spiro atoms. The summed E-state index contributed by atoms with van der Waals surface area (Å²) < 4.78 is 0. The molecule has 105 valence electrons. The first-order valence-corrected chi connectivity index (χ1v) is 6.45. The van der Waals surface area contributed by atoms with Crippen LogP contribution in [0.2, 0.25) is 0 Å². The second-order valence-electron chi connectivity index (χ2n) is 4.79. The number of hydrogen-bond acceptors (Lipinski definition) is 2. The summed E-state index contributed by atoms with van der Waals surface area (Å²) in [6.45, 7) is 3.71. The lowest BCUT2D eigenvalue weighted by molar-refractivity contribution is -0.143. The highest BCUT2D eigenvalue weighted by atomic mass is 16.4. The molecule has 1 N–H and O–H groups in total. The van der Waals surface area contributed by atoms with E-state index in [4.69, 9.17) is 6.42 Å². The van der Waals surface area contributed by atoms with Crippen LogP contribution in [0.1, 0.15) is 36.2 Å². The molecule has 0 aliphatic heterocycles. The number of carboxylic acids is 1. The number of aliphatic carboxylic acids is 1. The third kappa shape index (κ3) is 3.39. The molecule has 0 saturated heterocycles. The fourth-order valence-electron chi connectivity index (χ4n) is 2.04. The summed E-state index contributed by atoms with van der Waals surface area (Å²) in [5.41, 5.74) is 0.974. The maximum absolute atomic E-state index is 12.3. The van der Waals surface area contributed by atoms with Gasteiger partial charge in [-0.05, 0) is 36.6 Å². The van der Waals surface area contributed by atoms with E-state index in [0.717, 1.165) is 0 Å². The van der Waals surface area contributed by atoms with Crippen LogP contribution in [0.5, 0.6) is 0 Å². The number of carbonyl (C=O) groups excluding carboxylic acids is 1. The Morgan fingerprint density at radius 3 is 2.30 bits per heavy atom. The molecule has 4 nitrogen and oxygen atoms in total. The van der Waals surface area contributed by atoms with Crippen molar-refractivity contribution in [2.45, 2.75) is 26.3 Å². The molecule has 0 heterocycles. The summed E-state index contributed by atoms with van der Waals surface area (Å²) in [6, 6.07) is 5.51. The van der Waals surface area contributed by atoms with Gasteiger partial charge in [-0.25, -0.2) is 4.79 Å². The summed E-state index contributed by atoms with van der Waals surface area (Å²) >= 11 is 0. The number of carboxylic acid groups (broad SMARTS) is 1. The number of nitrogens with zero attached hydrogens (tertiary/aromatic N) is 1. The highest BCUT2D eigenvalue weighted by Gasteiger charge is 2.31. The predicted octanol–water partition coefficient (Wildman–Crippen LogP) is 2.20. The fourth-order valence-corrected chi connectivity index (χ4v) is 2.04. The Balaban J connectivity index is 2.99. The molecule has 2 atom stereocenters. The van der Waals surface area contributed by atoms with Crippen molar-refractivity contribution in [3.8, 4) is 5.92 Å². The molecule has 1 radical (unpaired) electrons. The van der Waals surface area contributed by atoms with E-state index in [1.165, 1.54) is 11.9 Å². The first-order chi connectivity index (χ1) is 9.42. The normalized spacial score (nSPS) is 13.1. The number of rotatable bonds is 5. The standard InChI is InChI=1S/C16H18NO3/c1-5-11(3)14(16(19)20)17(4)15(18)13-9-7-12(6-2)8-10-13/h7-11,14H,5H2,1,3-4H3,(H,19,20). The van der Waals surface area contributed by atoms with Crippen molar-refractivity contribution in [2.75, 3.05) is 7.05 Å². The number of amides is 1. The first kappa shape index (κ1) is 15.8. The lowest BCUT2D eigenvalue weighted by atomic mass is 9.97. The molecule has 1 aromatic carbocycles. The van der Waals surface area contributed by atoms with Crippen molar-refractivity contribution in [3.63, 3.8) is 0 Å². The highest BCUT2D eigenvalue weighted by Crippen LogP contribution is 2.17. The van der Waals surface area contributed by atoms with Crippen LogP contribution in [-0.4, -0.2) is 35.0 Å². The van der Waals surface area contributed by atoms with Crippen LogP contribution in [0.3, 0.4) is 0 Å². The molecule has 2 unspecified atom stereocenters. The highest BCUT2D eigenvalue weighted by molar-refractivity contribution is 5.96. The van der Waals surface area contributed by atoms with Gasteiger partial charge in [-0.15, -0.1) is 0 Å². The minimum absolute atomic E-state index is 0.129. The van der Waals surface area contributed by atoms with Crippen molar-refractivity contribution in [1.82, 2.24) is 4.90 Å². The van der Waals surface area contributed by atoms with Gasteiger partial charge in [0.2, 0.25) is 0 Å². The summed E-state index contributed by atoms with van der Waals surface area (Å²) in [6.07, 6.45) is 7.67. The Hall–Kier alpha value is -2.28. The average Bonchev–Trinajstić information content (AvgIpc) is 2.46. The zero-order valence-electron chi connectivity index (χ0n) is 11.9. The maximum atomic E-state index is 12.3. The lowest BCUT2D eigenvalue weighted by Crippen LogP contribution is -2.46. The third-order valence-corrected chi connectivity index (χ3v) is 3.45. The van der Waals surface area contributed by atoms with Crippen molar-refractivity contribution in [3.05, 3.63) is 41.8 Å². The van der Waals surface area contributed by atoms with E-state index in [9.17, 15) is 14.7 Å². The van der Waals surface area contributed by atoms with Crippen molar-refractivity contribution in [2.24, 2.45) is 5.92 Å². The minimum Gasteiger partial charge on any atom is -0.480 e. The van der Waals surface area contributed by atoms with Crippen LogP contribution in [0.25, 0.3) is 0 Å². The lowest BCUT2D eigenvalue weighted by Gasteiger charge is -2.29. The van der Waals surface area contributed by atoms with Gasteiger partial charge < -0.3 is 10.0 Å². The van der Waals surface area contributed by atoms with E-state index >= 15 is 0 Å². The van der Waals surface area contributed by atoms with Crippen molar-refractivity contribution < 1.29 is 14.7 Å². The van der Waals surface area contributed by atoms with E-state index in [0.29, 0.717) is 17.5 Å². The molecule has 4 heteroatoms. The summed E-state index contributed by atoms with van der Waals surface area (Å²) in [7, 11) is 1.50. The van der Waals surface area contributed by atoms with Crippen LogP contribution in [0, 0.1) is 18.3 Å². The Bertz CT molecular complexity index is 528. The van der Waals surface area contributed by atoms with Crippen molar-refractivity contribution >= 4 is 11.9 Å². The van der Waals surface area contributed by atoms with E-state index in [2.05, 4.69) is 5.92 Å². The molecule has 1 rings (SSSR count). The van der Waals surface area contributed by atoms with Crippen molar-refractivity contribution in [1.29, 1.82) is 0 Å². The zero-order chi connectivity index (χ0) is 15.3. The van der Waals surface area contributed by atoms with Crippen LogP contribution >= 0.6 is 0 Å². The van der Waals surface area contributed by atoms with Gasteiger partial charge in [0.25, 0.3) is 5.91 Å². The SMILES string of the molecule is [C]#Cc1ccc(C(=O)N(C)C(C(=O)O)C(C)CC)cc1. The second-order valence-corrected chi connectivity index (χ2v) is 4.79. The second kappa shape index (κ2) is 6.76. The molecular formula is C16H18NO3.